The van der Waals surface area contributed by atoms with E-state index in [2.05, 4.69) is 15.5 Å². The van der Waals surface area contributed by atoms with Gasteiger partial charge in [-0.2, -0.15) is 0 Å². The lowest BCUT2D eigenvalue weighted by atomic mass is 9.92. The lowest BCUT2D eigenvalue weighted by molar-refractivity contribution is -0.117. The first kappa shape index (κ1) is 18.0. The molecule has 1 atom stereocenters. The Hall–Kier alpha value is -1.79. The third-order valence-electron chi connectivity index (χ3n) is 4.14. The number of amides is 1. The maximum atomic E-state index is 12.7. The Balaban J connectivity index is 1.76. The predicted molar refractivity (Wildman–Crippen MR) is 98.5 cm³/mol. The largest absolute Gasteiger partial charge is 0.343 e. The Kier molecular flexibility index (Phi) is 4.93. The average molecular weight is 383 g/mol. The topological polar surface area (TPSA) is 71.3 Å². The SMILES string of the molecule is CC(C)(C)c1cc(NC(=O)C2CCCN2c2ncc(Cl)cc2Cl)on1. The highest BCUT2D eigenvalue weighted by Crippen LogP contribution is 2.32. The number of nitrogens with one attached hydrogen (secondary N) is 1. The minimum Gasteiger partial charge on any atom is -0.343 e. The summed E-state index contributed by atoms with van der Waals surface area (Å²) >= 11 is 12.1. The summed E-state index contributed by atoms with van der Waals surface area (Å²) in [7, 11) is 0. The zero-order valence-electron chi connectivity index (χ0n) is 14.3. The fourth-order valence-electron chi connectivity index (χ4n) is 2.80. The standard InChI is InChI=1S/C17H20Cl2N4O2/c1-17(2,3)13-8-14(25-22-13)21-16(24)12-5-4-6-23(12)15-11(19)7-10(18)9-20-15/h7-9,12H,4-6H2,1-3H3,(H,21,24). The fraction of sp³-hybridized carbons (Fsp3) is 0.471. The molecule has 1 amide bonds. The van der Waals surface area contributed by atoms with Gasteiger partial charge in [0.25, 0.3) is 0 Å². The van der Waals surface area contributed by atoms with Gasteiger partial charge < -0.3 is 9.42 Å². The van der Waals surface area contributed by atoms with Crippen LogP contribution in [-0.2, 0) is 10.2 Å². The molecule has 0 saturated carbocycles. The van der Waals surface area contributed by atoms with Crippen LogP contribution in [0.15, 0.2) is 22.9 Å². The van der Waals surface area contributed by atoms with Gasteiger partial charge in [0.15, 0.2) is 0 Å². The van der Waals surface area contributed by atoms with Crippen molar-refractivity contribution in [1.82, 2.24) is 10.1 Å². The number of pyridine rings is 1. The van der Waals surface area contributed by atoms with Crippen molar-refractivity contribution in [3.63, 3.8) is 0 Å². The molecule has 0 radical (unpaired) electrons. The van der Waals surface area contributed by atoms with Gasteiger partial charge in [-0.25, -0.2) is 4.98 Å². The summed E-state index contributed by atoms with van der Waals surface area (Å²) < 4.78 is 5.24. The van der Waals surface area contributed by atoms with E-state index in [0.29, 0.717) is 34.7 Å². The highest BCUT2D eigenvalue weighted by molar-refractivity contribution is 6.36. The second-order valence-electron chi connectivity index (χ2n) is 7.13. The highest BCUT2D eigenvalue weighted by Gasteiger charge is 2.33. The number of carbonyl (C=O) groups is 1. The van der Waals surface area contributed by atoms with E-state index in [-0.39, 0.29) is 17.4 Å². The number of rotatable bonds is 3. The lowest BCUT2D eigenvalue weighted by Crippen LogP contribution is -2.40. The van der Waals surface area contributed by atoms with Crippen LogP contribution >= 0.6 is 23.2 Å². The third kappa shape index (κ3) is 3.90. The minimum atomic E-state index is -0.366. The van der Waals surface area contributed by atoms with Crippen LogP contribution in [0.1, 0.15) is 39.3 Å². The molecule has 1 aliphatic heterocycles. The molecule has 1 saturated heterocycles. The summed E-state index contributed by atoms with van der Waals surface area (Å²) in [6, 6.07) is 3.02. The van der Waals surface area contributed by atoms with Crippen LogP contribution in [-0.4, -0.2) is 28.6 Å². The zero-order valence-corrected chi connectivity index (χ0v) is 15.9. The number of halogens is 2. The normalized spacial score (nSPS) is 17.8. The van der Waals surface area contributed by atoms with Crippen LogP contribution < -0.4 is 10.2 Å². The van der Waals surface area contributed by atoms with Gasteiger partial charge in [-0.15, -0.1) is 0 Å². The number of aromatic nitrogens is 2. The van der Waals surface area contributed by atoms with E-state index >= 15 is 0 Å². The summed E-state index contributed by atoms with van der Waals surface area (Å²) in [5, 5.41) is 7.71. The Morgan fingerprint density at radius 2 is 2.12 bits per heavy atom. The Morgan fingerprint density at radius 3 is 2.76 bits per heavy atom. The van der Waals surface area contributed by atoms with Crippen LogP contribution in [0.4, 0.5) is 11.7 Å². The number of hydrogen-bond acceptors (Lipinski definition) is 5. The quantitative estimate of drug-likeness (QED) is 0.857. The van der Waals surface area contributed by atoms with Crippen molar-refractivity contribution in [3.8, 4) is 0 Å². The molecule has 134 valence electrons. The first-order chi connectivity index (χ1) is 11.8. The second kappa shape index (κ2) is 6.84. The smallest absolute Gasteiger partial charge is 0.249 e. The van der Waals surface area contributed by atoms with Gasteiger partial charge in [-0.1, -0.05) is 49.1 Å². The van der Waals surface area contributed by atoms with Gasteiger partial charge in [-0.3, -0.25) is 10.1 Å². The van der Waals surface area contributed by atoms with E-state index in [1.807, 2.05) is 25.7 Å². The van der Waals surface area contributed by atoms with Crippen molar-refractivity contribution >= 4 is 40.8 Å². The maximum Gasteiger partial charge on any atom is 0.249 e. The molecule has 0 aliphatic carbocycles. The van der Waals surface area contributed by atoms with Crippen molar-refractivity contribution in [2.24, 2.45) is 0 Å². The maximum absolute atomic E-state index is 12.7. The number of carbonyl (C=O) groups excluding carboxylic acids is 1. The number of hydrogen-bond donors (Lipinski definition) is 1. The van der Waals surface area contributed by atoms with Crippen LogP contribution in [0.5, 0.6) is 0 Å². The van der Waals surface area contributed by atoms with Crippen LogP contribution in [0.25, 0.3) is 0 Å². The van der Waals surface area contributed by atoms with Gasteiger partial charge in [-0.05, 0) is 18.9 Å². The Labute approximate surface area is 156 Å². The molecule has 3 heterocycles. The highest BCUT2D eigenvalue weighted by atomic mass is 35.5. The van der Waals surface area contributed by atoms with E-state index in [4.69, 9.17) is 27.7 Å². The molecule has 1 N–H and O–H groups in total. The molecule has 1 aliphatic rings. The van der Waals surface area contributed by atoms with Crippen molar-refractivity contribution in [3.05, 3.63) is 34.1 Å². The molecular weight excluding hydrogens is 363 g/mol. The third-order valence-corrected chi connectivity index (χ3v) is 4.63. The molecule has 1 unspecified atom stereocenters. The number of anilines is 2. The van der Waals surface area contributed by atoms with Gasteiger partial charge >= 0.3 is 0 Å². The fourth-order valence-corrected chi connectivity index (χ4v) is 3.29. The van der Waals surface area contributed by atoms with E-state index in [1.165, 1.54) is 6.20 Å². The van der Waals surface area contributed by atoms with Gasteiger partial charge in [0.05, 0.1) is 15.7 Å². The molecule has 1 fully saturated rings. The van der Waals surface area contributed by atoms with Gasteiger partial charge in [0.1, 0.15) is 11.9 Å². The van der Waals surface area contributed by atoms with Gasteiger partial charge in [0.2, 0.25) is 11.8 Å². The van der Waals surface area contributed by atoms with E-state index in [0.717, 1.165) is 12.1 Å². The monoisotopic (exact) mass is 382 g/mol. The van der Waals surface area contributed by atoms with Crippen molar-refractivity contribution in [2.75, 3.05) is 16.8 Å². The molecule has 8 heteroatoms. The Bertz CT molecular complexity index is 785. The minimum absolute atomic E-state index is 0.146. The first-order valence-corrected chi connectivity index (χ1v) is 8.87. The van der Waals surface area contributed by atoms with Crippen molar-refractivity contribution in [2.45, 2.75) is 45.1 Å². The zero-order chi connectivity index (χ0) is 18.2. The molecular formula is C17H20Cl2N4O2. The molecule has 2 aromatic heterocycles. The summed E-state index contributed by atoms with van der Waals surface area (Å²) in [4.78, 5) is 18.9. The summed E-state index contributed by atoms with van der Waals surface area (Å²) in [6.45, 7) is 6.80. The number of nitrogens with zero attached hydrogens (tertiary/aromatic N) is 3. The molecule has 0 bridgehead atoms. The van der Waals surface area contributed by atoms with Crippen LogP contribution in [0, 0.1) is 0 Å². The average Bonchev–Trinajstić information content (AvgIpc) is 3.15. The van der Waals surface area contributed by atoms with Gasteiger partial charge in [0, 0.05) is 24.2 Å². The predicted octanol–water partition coefficient (Wildman–Crippen LogP) is 4.28. The molecule has 25 heavy (non-hydrogen) atoms. The summed E-state index contributed by atoms with van der Waals surface area (Å²) in [6.07, 6.45) is 3.12. The van der Waals surface area contributed by atoms with Crippen molar-refractivity contribution < 1.29 is 9.32 Å². The van der Waals surface area contributed by atoms with E-state index < -0.39 is 0 Å². The Morgan fingerprint density at radius 1 is 1.36 bits per heavy atom. The molecule has 0 aromatic carbocycles. The molecule has 0 spiro atoms. The van der Waals surface area contributed by atoms with E-state index in [9.17, 15) is 4.79 Å². The summed E-state index contributed by atoms with van der Waals surface area (Å²) in [5.41, 5.74) is 0.639. The molecule has 6 nitrogen and oxygen atoms in total. The van der Waals surface area contributed by atoms with Crippen LogP contribution in [0.2, 0.25) is 10.0 Å². The molecule has 2 aromatic rings. The molecule has 3 rings (SSSR count). The second-order valence-corrected chi connectivity index (χ2v) is 7.97. The van der Waals surface area contributed by atoms with Crippen LogP contribution in [0.3, 0.4) is 0 Å². The lowest BCUT2D eigenvalue weighted by Gasteiger charge is -2.25. The van der Waals surface area contributed by atoms with Crippen molar-refractivity contribution in [1.29, 1.82) is 0 Å². The first-order valence-electron chi connectivity index (χ1n) is 8.11. The van der Waals surface area contributed by atoms with E-state index in [1.54, 1.807) is 12.1 Å². The summed E-state index contributed by atoms with van der Waals surface area (Å²) in [5.74, 6) is 0.746.